The fraction of sp³-hybridized carbons (Fsp3) is 0.200. The topological polar surface area (TPSA) is 21.2 Å². The molecule has 114 valence electrons. The summed E-state index contributed by atoms with van der Waals surface area (Å²) in [5.74, 6) is 0. The van der Waals surface area contributed by atoms with Crippen molar-refractivity contribution in [2.75, 3.05) is 0 Å². The van der Waals surface area contributed by atoms with Gasteiger partial charge in [-0.2, -0.15) is 0 Å². The zero-order chi connectivity index (χ0) is 18.6. The summed E-state index contributed by atoms with van der Waals surface area (Å²) in [6, 6.07) is 12.0. The summed E-state index contributed by atoms with van der Waals surface area (Å²) in [6.45, 7) is 1.81. The van der Waals surface area contributed by atoms with E-state index in [1.807, 2.05) is 55.1 Å². The number of aryl methyl sites for hydroxylation is 4. The van der Waals surface area contributed by atoms with Crippen LogP contribution in [0.1, 0.15) is 20.8 Å². The fourth-order valence-electron chi connectivity index (χ4n) is 3.17. The molecule has 3 heteroatoms. The van der Waals surface area contributed by atoms with Crippen molar-refractivity contribution in [2.45, 2.75) is 20.7 Å². The van der Waals surface area contributed by atoms with Crippen LogP contribution in [-0.4, -0.2) is 9.38 Å². The van der Waals surface area contributed by atoms with Gasteiger partial charge < -0.3 is 0 Å². The molecule has 0 radical (unpaired) electrons. The normalized spacial score (nSPS) is 14.0. The zero-order valence-corrected chi connectivity index (χ0v) is 13.5. The molecule has 0 atom stereocenters. The van der Waals surface area contributed by atoms with Gasteiger partial charge in [0, 0.05) is 21.9 Å². The average Bonchev–Trinajstić information content (AvgIpc) is 2.95. The highest BCUT2D eigenvalue weighted by atomic mass is 15.0. The van der Waals surface area contributed by atoms with Gasteiger partial charge in [-0.1, -0.05) is 12.1 Å². The van der Waals surface area contributed by atoms with E-state index in [9.17, 15) is 0 Å². The number of benzene rings is 1. The highest BCUT2D eigenvalue weighted by Crippen LogP contribution is 2.31. The number of hydrogen-bond donors (Lipinski definition) is 0. The van der Waals surface area contributed by atoms with Crippen molar-refractivity contribution in [1.29, 1.82) is 0 Å². The number of aromatic nitrogens is 3. The molecule has 0 N–H and O–H groups in total. The quantitative estimate of drug-likeness (QED) is 0.489. The maximum Gasteiger partial charge on any atom is 0.215 e. The summed E-state index contributed by atoms with van der Waals surface area (Å²) in [5, 5.41) is 0. The number of hydrogen-bond acceptors (Lipinski definition) is 1. The largest absolute Gasteiger partial charge is 0.299 e. The molecule has 1 aromatic carbocycles. The van der Waals surface area contributed by atoms with Crippen molar-refractivity contribution in [1.82, 2.24) is 9.38 Å². The van der Waals surface area contributed by atoms with Crippen LogP contribution in [0.2, 0.25) is 0 Å². The van der Waals surface area contributed by atoms with E-state index in [-0.39, 0.29) is 0 Å². The SMILES string of the molecule is [2H]C([2H])([2H])c1c[n+](C)c(-c2c(C)ccc3nc4ccccn4c23)cc1C. The second-order valence-corrected chi connectivity index (χ2v) is 6.03. The minimum absolute atomic E-state index is 0.381. The lowest BCUT2D eigenvalue weighted by Crippen LogP contribution is -2.31. The van der Waals surface area contributed by atoms with Crippen LogP contribution in [0.5, 0.6) is 0 Å². The lowest BCUT2D eigenvalue weighted by Gasteiger charge is -2.09. The number of rotatable bonds is 1. The van der Waals surface area contributed by atoms with E-state index < -0.39 is 6.85 Å². The first-order chi connectivity index (χ1) is 12.3. The van der Waals surface area contributed by atoms with Crippen LogP contribution in [0.3, 0.4) is 0 Å². The Balaban J connectivity index is 2.09. The van der Waals surface area contributed by atoms with Gasteiger partial charge in [-0.25, -0.2) is 9.55 Å². The molecule has 3 nitrogen and oxygen atoms in total. The summed E-state index contributed by atoms with van der Waals surface area (Å²) in [4.78, 5) is 4.72. The fourth-order valence-corrected chi connectivity index (χ4v) is 3.17. The molecule has 0 saturated carbocycles. The standard InChI is InChI=1S/C20H20N3/c1-13-8-9-16-20(23-10-6-5-7-18(23)21-16)19(13)17-11-14(2)15(3)12-22(17)4/h5-12H,1-4H3/q+1/i3D3. The summed E-state index contributed by atoms with van der Waals surface area (Å²) >= 11 is 0. The van der Waals surface area contributed by atoms with Crippen molar-refractivity contribution >= 4 is 16.7 Å². The van der Waals surface area contributed by atoms with Gasteiger partial charge in [-0.15, -0.1) is 0 Å². The molecule has 0 aliphatic carbocycles. The van der Waals surface area contributed by atoms with Crippen LogP contribution in [0.25, 0.3) is 27.9 Å². The highest BCUT2D eigenvalue weighted by molar-refractivity contribution is 5.95. The van der Waals surface area contributed by atoms with Crippen molar-refractivity contribution in [2.24, 2.45) is 7.05 Å². The van der Waals surface area contributed by atoms with Gasteiger partial charge in [-0.05, 0) is 50.0 Å². The third-order valence-corrected chi connectivity index (χ3v) is 4.42. The smallest absolute Gasteiger partial charge is 0.215 e. The molecular weight excluding hydrogens is 282 g/mol. The first kappa shape index (κ1) is 10.9. The predicted molar refractivity (Wildman–Crippen MR) is 93.5 cm³/mol. The van der Waals surface area contributed by atoms with Crippen LogP contribution in [0, 0.1) is 20.7 Å². The highest BCUT2D eigenvalue weighted by Gasteiger charge is 2.20. The zero-order valence-electron chi connectivity index (χ0n) is 16.5. The van der Waals surface area contributed by atoms with Gasteiger partial charge in [-0.3, -0.25) is 4.40 Å². The maximum absolute atomic E-state index is 7.75. The Morgan fingerprint density at radius 2 is 1.96 bits per heavy atom. The summed E-state index contributed by atoms with van der Waals surface area (Å²) in [7, 11) is 1.89. The van der Waals surface area contributed by atoms with Crippen LogP contribution in [0.15, 0.2) is 48.8 Å². The molecule has 0 amide bonds. The second kappa shape index (κ2) is 4.92. The first-order valence-electron chi connectivity index (χ1n) is 9.15. The van der Waals surface area contributed by atoms with Crippen molar-refractivity contribution in [3.05, 3.63) is 65.5 Å². The molecule has 4 aromatic rings. The Kier molecular flexibility index (Phi) is 2.34. The van der Waals surface area contributed by atoms with Gasteiger partial charge in [0.25, 0.3) is 0 Å². The lowest BCUT2D eigenvalue weighted by molar-refractivity contribution is -0.660. The van der Waals surface area contributed by atoms with Crippen molar-refractivity contribution < 1.29 is 8.68 Å². The van der Waals surface area contributed by atoms with E-state index in [0.717, 1.165) is 39.1 Å². The number of nitrogens with zero attached hydrogens (tertiary/aromatic N) is 3. The van der Waals surface area contributed by atoms with E-state index in [1.165, 1.54) is 0 Å². The molecule has 0 saturated heterocycles. The predicted octanol–water partition coefficient (Wildman–Crippen LogP) is 3.90. The third-order valence-electron chi connectivity index (χ3n) is 4.42. The number of pyridine rings is 2. The van der Waals surface area contributed by atoms with Crippen molar-refractivity contribution in [3.8, 4) is 11.3 Å². The Hall–Kier alpha value is -2.68. The first-order valence-corrected chi connectivity index (χ1v) is 7.65. The summed E-state index contributed by atoms with van der Waals surface area (Å²) in [6.07, 6.45) is 3.73. The molecule has 4 rings (SSSR count). The monoisotopic (exact) mass is 305 g/mol. The van der Waals surface area contributed by atoms with Gasteiger partial charge in [0.15, 0.2) is 6.20 Å². The van der Waals surface area contributed by atoms with Gasteiger partial charge in [0.05, 0.1) is 16.6 Å². The maximum atomic E-state index is 7.75. The lowest BCUT2D eigenvalue weighted by atomic mass is 10.0. The van der Waals surface area contributed by atoms with Crippen LogP contribution >= 0.6 is 0 Å². The molecule has 23 heavy (non-hydrogen) atoms. The minimum Gasteiger partial charge on any atom is -0.299 e. The minimum atomic E-state index is -2.12. The van der Waals surface area contributed by atoms with Crippen LogP contribution in [0.4, 0.5) is 0 Å². The van der Waals surface area contributed by atoms with E-state index in [4.69, 9.17) is 9.10 Å². The van der Waals surface area contributed by atoms with Crippen molar-refractivity contribution in [3.63, 3.8) is 0 Å². The molecule has 3 heterocycles. The molecule has 0 unspecified atom stereocenters. The third kappa shape index (κ3) is 2.04. The van der Waals surface area contributed by atoms with Gasteiger partial charge in [0.1, 0.15) is 12.7 Å². The average molecular weight is 305 g/mol. The molecule has 0 fully saturated rings. The molecule has 0 spiro atoms. The van der Waals surface area contributed by atoms with E-state index in [0.29, 0.717) is 5.56 Å². The number of fused-ring (bicyclic) bond motifs is 3. The summed E-state index contributed by atoms with van der Waals surface area (Å²) in [5.41, 5.74) is 7.18. The van der Waals surface area contributed by atoms with Gasteiger partial charge >= 0.3 is 0 Å². The molecule has 3 aromatic heterocycles. The van der Waals surface area contributed by atoms with E-state index in [1.54, 1.807) is 6.20 Å². The second-order valence-electron chi connectivity index (χ2n) is 6.03. The Morgan fingerprint density at radius 3 is 2.78 bits per heavy atom. The van der Waals surface area contributed by atoms with Gasteiger partial charge in [0.2, 0.25) is 5.69 Å². The molecular formula is C20H20N3+. The Labute approximate surface area is 140 Å². The van der Waals surface area contributed by atoms with E-state index in [2.05, 4.69) is 17.4 Å². The van der Waals surface area contributed by atoms with Crippen LogP contribution in [-0.2, 0) is 7.05 Å². The molecule has 0 bridgehead atoms. The molecule has 0 aliphatic heterocycles. The Bertz CT molecular complexity index is 1160. The Morgan fingerprint density at radius 1 is 1.09 bits per heavy atom. The molecule has 0 aliphatic rings. The summed E-state index contributed by atoms with van der Waals surface area (Å²) < 4.78 is 27.2. The van der Waals surface area contributed by atoms with Crippen LogP contribution < -0.4 is 4.57 Å². The van der Waals surface area contributed by atoms with E-state index >= 15 is 0 Å². The number of imidazole rings is 1.